The minimum atomic E-state index is 0.0938. The summed E-state index contributed by atoms with van der Waals surface area (Å²) in [4.78, 5) is 15.0. The van der Waals surface area contributed by atoms with Gasteiger partial charge < -0.3 is 10.2 Å². The van der Waals surface area contributed by atoms with E-state index in [2.05, 4.69) is 31.3 Å². The maximum absolute atomic E-state index is 12.1. The number of nitrogens with one attached hydrogen (secondary N) is 1. The van der Waals surface area contributed by atoms with Crippen LogP contribution in [0.1, 0.15) is 30.2 Å². The van der Waals surface area contributed by atoms with Crippen molar-refractivity contribution in [1.29, 1.82) is 0 Å². The zero-order valence-electron chi connectivity index (χ0n) is 12.8. The number of benzene rings is 1. The van der Waals surface area contributed by atoms with Gasteiger partial charge in [-0.05, 0) is 35.1 Å². The van der Waals surface area contributed by atoms with Gasteiger partial charge in [-0.25, -0.2) is 0 Å². The van der Waals surface area contributed by atoms with Crippen LogP contribution in [-0.2, 0) is 11.3 Å². The first-order valence-corrected chi connectivity index (χ1v) is 8.04. The van der Waals surface area contributed by atoms with E-state index in [9.17, 15) is 4.79 Å². The van der Waals surface area contributed by atoms with Crippen molar-refractivity contribution >= 4 is 22.9 Å². The number of amides is 1. The van der Waals surface area contributed by atoms with Crippen LogP contribution in [0.4, 0.5) is 5.69 Å². The summed E-state index contributed by atoms with van der Waals surface area (Å²) in [6.45, 7) is 5.34. The van der Waals surface area contributed by atoms with Crippen LogP contribution in [-0.4, -0.2) is 24.4 Å². The van der Waals surface area contributed by atoms with Gasteiger partial charge in [-0.3, -0.25) is 4.79 Å². The Bertz CT molecular complexity index is 561. The normalized spacial score (nSPS) is 10.7. The lowest BCUT2D eigenvalue weighted by atomic mass is 10.0. The molecule has 4 heteroatoms. The van der Waals surface area contributed by atoms with Crippen molar-refractivity contribution in [3.8, 4) is 0 Å². The number of rotatable bonds is 6. The Balaban J connectivity index is 1.83. The van der Waals surface area contributed by atoms with Gasteiger partial charge in [-0.15, -0.1) is 11.3 Å². The van der Waals surface area contributed by atoms with Gasteiger partial charge in [0.05, 0.1) is 13.1 Å². The number of hydrogen-bond donors (Lipinski definition) is 1. The minimum absolute atomic E-state index is 0.0938. The molecule has 1 aromatic heterocycles. The van der Waals surface area contributed by atoms with Crippen LogP contribution < -0.4 is 5.32 Å². The van der Waals surface area contributed by atoms with Gasteiger partial charge in [0.1, 0.15) is 0 Å². The fourth-order valence-electron chi connectivity index (χ4n) is 2.02. The van der Waals surface area contributed by atoms with E-state index in [1.54, 1.807) is 16.2 Å². The first-order valence-electron chi connectivity index (χ1n) is 7.16. The van der Waals surface area contributed by atoms with Gasteiger partial charge >= 0.3 is 0 Å². The van der Waals surface area contributed by atoms with E-state index in [1.807, 2.05) is 36.7 Å². The Labute approximate surface area is 130 Å². The lowest BCUT2D eigenvalue weighted by Gasteiger charge is -2.17. The summed E-state index contributed by atoms with van der Waals surface area (Å²) in [5.41, 5.74) is 2.29. The van der Waals surface area contributed by atoms with Gasteiger partial charge in [-0.1, -0.05) is 32.0 Å². The van der Waals surface area contributed by atoms with Crippen LogP contribution in [0.3, 0.4) is 0 Å². The van der Waals surface area contributed by atoms with Crippen molar-refractivity contribution in [3.63, 3.8) is 0 Å². The summed E-state index contributed by atoms with van der Waals surface area (Å²) in [6.07, 6.45) is 0. The van der Waals surface area contributed by atoms with Crippen LogP contribution in [0.25, 0.3) is 0 Å². The van der Waals surface area contributed by atoms with Crippen molar-refractivity contribution in [2.24, 2.45) is 0 Å². The van der Waals surface area contributed by atoms with E-state index in [0.717, 1.165) is 5.69 Å². The summed E-state index contributed by atoms with van der Waals surface area (Å²) in [7, 11) is 1.84. The highest BCUT2D eigenvalue weighted by Crippen LogP contribution is 2.17. The van der Waals surface area contributed by atoms with Crippen molar-refractivity contribution in [1.82, 2.24) is 4.90 Å². The average molecular weight is 302 g/mol. The second-order valence-corrected chi connectivity index (χ2v) is 6.49. The van der Waals surface area contributed by atoms with Crippen molar-refractivity contribution in [2.45, 2.75) is 26.3 Å². The molecular formula is C17H22N2OS. The first-order chi connectivity index (χ1) is 10.1. The van der Waals surface area contributed by atoms with Crippen molar-refractivity contribution in [2.75, 3.05) is 18.9 Å². The van der Waals surface area contributed by atoms with E-state index in [0.29, 0.717) is 19.0 Å². The van der Waals surface area contributed by atoms with E-state index >= 15 is 0 Å². The van der Waals surface area contributed by atoms with Crippen LogP contribution in [0.5, 0.6) is 0 Å². The standard InChI is InChI=1S/C17H22N2OS/c1-13(2)14-6-8-15(9-7-14)18-11-17(20)19(3)12-16-5-4-10-21-16/h4-10,13,18H,11-12H2,1-3H3. The molecule has 0 radical (unpaired) electrons. The highest BCUT2D eigenvalue weighted by atomic mass is 32.1. The predicted octanol–water partition coefficient (Wildman–Crippen LogP) is 3.94. The summed E-state index contributed by atoms with van der Waals surface area (Å²) in [6, 6.07) is 12.3. The zero-order chi connectivity index (χ0) is 15.2. The number of nitrogens with zero attached hydrogens (tertiary/aromatic N) is 1. The molecule has 1 N–H and O–H groups in total. The molecule has 0 aliphatic carbocycles. The maximum atomic E-state index is 12.1. The average Bonchev–Trinajstić information content (AvgIpc) is 2.98. The maximum Gasteiger partial charge on any atom is 0.241 e. The zero-order valence-corrected chi connectivity index (χ0v) is 13.6. The number of anilines is 1. The third-order valence-corrected chi connectivity index (χ3v) is 4.28. The summed E-state index contributed by atoms with van der Waals surface area (Å²) in [5.74, 6) is 0.619. The molecule has 0 atom stereocenters. The molecule has 1 aromatic carbocycles. The van der Waals surface area contributed by atoms with Crippen LogP contribution in [0, 0.1) is 0 Å². The number of likely N-dealkylation sites (N-methyl/N-ethyl adjacent to an activating group) is 1. The molecular weight excluding hydrogens is 280 g/mol. The molecule has 2 aromatic rings. The third kappa shape index (κ3) is 4.60. The minimum Gasteiger partial charge on any atom is -0.376 e. The Morgan fingerprint density at radius 2 is 1.95 bits per heavy atom. The number of carbonyl (C=O) groups excluding carboxylic acids is 1. The fourth-order valence-corrected chi connectivity index (χ4v) is 2.78. The molecule has 0 spiro atoms. The van der Waals surface area contributed by atoms with Crippen LogP contribution in [0.2, 0.25) is 0 Å². The van der Waals surface area contributed by atoms with E-state index in [-0.39, 0.29) is 5.91 Å². The summed E-state index contributed by atoms with van der Waals surface area (Å²) >= 11 is 1.67. The molecule has 1 heterocycles. The molecule has 0 aliphatic heterocycles. The lowest BCUT2D eigenvalue weighted by Crippen LogP contribution is -2.31. The Morgan fingerprint density at radius 3 is 2.52 bits per heavy atom. The third-order valence-electron chi connectivity index (χ3n) is 3.42. The van der Waals surface area contributed by atoms with Gasteiger partial charge in [0.2, 0.25) is 5.91 Å². The SMILES string of the molecule is CC(C)c1ccc(NCC(=O)N(C)Cc2cccs2)cc1. The topological polar surface area (TPSA) is 32.3 Å². The molecule has 2 rings (SSSR count). The van der Waals surface area contributed by atoms with Gasteiger partial charge in [0.15, 0.2) is 0 Å². The predicted molar refractivity (Wildman–Crippen MR) is 89.8 cm³/mol. The quantitative estimate of drug-likeness (QED) is 0.876. The number of hydrogen-bond acceptors (Lipinski definition) is 3. The fraction of sp³-hybridized carbons (Fsp3) is 0.353. The monoisotopic (exact) mass is 302 g/mol. The molecule has 0 unspecified atom stereocenters. The van der Waals surface area contributed by atoms with Gasteiger partial charge in [0.25, 0.3) is 0 Å². The van der Waals surface area contributed by atoms with Crippen molar-refractivity contribution < 1.29 is 4.79 Å². The summed E-state index contributed by atoms with van der Waals surface area (Å²) in [5, 5.41) is 5.21. The molecule has 0 saturated heterocycles. The summed E-state index contributed by atoms with van der Waals surface area (Å²) < 4.78 is 0. The van der Waals surface area contributed by atoms with Gasteiger partial charge in [-0.2, -0.15) is 0 Å². The van der Waals surface area contributed by atoms with Crippen LogP contribution >= 0.6 is 11.3 Å². The highest BCUT2D eigenvalue weighted by Gasteiger charge is 2.09. The number of thiophene rings is 1. The molecule has 0 fully saturated rings. The van der Waals surface area contributed by atoms with Gasteiger partial charge in [0, 0.05) is 17.6 Å². The molecule has 3 nitrogen and oxygen atoms in total. The Kier molecular flexibility index (Phi) is 5.39. The van der Waals surface area contributed by atoms with E-state index < -0.39 is 0 Å². The molecule has 21 heavy (non-hydrogen) atoms. The van der Waals surface area contributed by atoms with Crippen LogP contribution in [0.15, 0.2) is 41.8 Å². The first kappa shape index (κ1) is 15.6. The Hall–Kier alpha value is -1.81. The second-order valence-electron chi connectivity index (χ2n) is 5.46. The second kappa shape index (κ2) is 7.27. The van der Waals surface area contributed by atoms with Crippen molar-refractivity contribution in [3.05, 3.63) is 52.2 Å². The Morgan fingerprint density at radius 1 is 1.24 bits per heavy atom. The lowest BCUT2D eigenvalue weighted by molar-refractivity contribution is -0.128. The smallest absolute Gasteiger partial charge is 0.241 e. The molecule has 0 aliphatic rings. The molecule has 112 valence electrons. The van der Waals surface area contributed by atoms with E-state index in [4.69, 9.17) is 0 Å². The highest BCUT2D eigenvalue weighted by molar-refractivity contribution is 7.09. The molecule has 0 saturated carbocycles. The van der Waals surface area contributed by atoms with E-state index in [1.165, 1.54) is 10.4 Å². The molecule has 0 bridgehead atoms. The number of carbonyl (C=O) groups is 1. The molecule has 1 amide bonds. The largest absolute Gasteiger partial charge is 0.376 e.